The molecule has 1 heteroatoms. The summed E-state index contributed by atoms with van der Waals surface area (Å²) in [5.74, 6) is 3.64. The molecule has 0 saturated carbocycles. The summed E-state index contributed by atoms with van der Waals surface area (Å²) < 4.78 is 6.38. The second-order valence-electron chi connectivity index (χ2n) is 13.0. The highest BCUT2D eigenvalue weighted by molar-refractivity contribution is 5.88. The lowest BCUT2D eigenvalue weighted by atomic mass is 9.79. The summed E-state index contributed by atoms with van der Waals surface area (Å²) >= 11 is 0. The minimum atomic E-state index is 0.414. The molecular formula is C37H52O. The van der Waals surface area contributed by atoms with E-state index in [0.717, 1.165) is 5.75 Å². The standard InChI is InChI=1S/C37H52O/c1-21(2)27-17-31(23(5)6)35(32(18-27)24(7)8)29-15-14-16-30(37(29)38-13)36-33(25(9)10)19-28(22(3)4)20-34(36)26(11)12/h14-26H,1-13H3. The van der Waals surface area contributed by atoms with Gasteiger partial charge in [0.25, 0.3) is 0 Å². The molecule has 206 valence electrons. The number of ether oxygens (including phenoxy) is 1. The van der Waals surface area contributed by atoms with Crippen LogP contribution < -0.4 is 4.74 Å². The van der Waals surface area contributed by atoms with Gasteiger partial charge in [-0.3, -0.25) is 0 Å². The van der Waals surface area contributed by atoms with Gasteiger partial charge in [0, 0.05) is 11.1 Å². The van der Waals surface area contributed by atoms with Crippen molar-refractivity contribution in [1.29, 1.82) is 0 Å². The molecule has 38 heavy (non-hydrogen) atoms. The summed E-state index contributed by atoms with van der Waals surface area (Å²) in [5.41, 5.74) is 13.6. The van der Waals surface area contributed by atoms with E-state index in [-0.39, 0.29) is 0 Å². The van der Waals surface area contributed by atoms with Crippen LogP contribution >= 0.6 is 0 Å². The molecule has 0 atom stereocenters. The Hall–Kier alpha value is -2.54. The first-order chi connectivity index (χ1) is 17.8. The number of hydrogen-bond donors (Lipinski definition) is 0. The Balaban J connectivity index is 2.49. The molecule has 0 aliphatic heterocycles. The lowest BCUT2D eigenvalue weighted by Gasteiger charge is -2.27. The summed E-state index contributed by atoms with van der Waals surface area (Å²) in [7, 11) is 1.85. The van der Waals surface area contributed by atoms with Crippen molar-refractivity contribution in [3.8, 4) is 28.0 Å². The van der Waals surface area contributed by atoms with Gasteiger partial charge in [0.15, 0.2) is 0 Å². The minimum absolute atomic E-state index is 0.414. The zero-order chi connectivity index (χ0) is 28.5. The van der Waals surface area contributed by atoms with E-state index in [1.54, 1.807) is 0 Å². The van der Waals surface area contributed by atoms with E-state index in [2.05, 4.69) is 126 Å². The van der Waals surface area contributed by atoms with Gasteiger partial charge in [-0.05, 0) is 80.0 Å². The number of benzene rings is 3. The fraction of sp³-hybridized carbons (Fsp3) is 0.514. The molecule has 3 rings (SSSR count). The van der Waals surface area contributed by atoms with Gasteiger partial charge in [-0.25, -0.2) is 0 Å². The second-order valence-corrected chi connectivity index (χ2v) is 13.0. The van der Waals surface area contributed by atoms with Crippen molar-refractivity contribution in [2.75, 3.05) is 7.11 Å². The molecule has 0 saturated heterocycles. The molecule has 0 fully saturated rings. The number of methoxy groups -OCH3 is 1. The maximum atomic E-state index is 6.38. The number of hydrogen-bond acceptors (Lipinski definition) is 1. The summed E-state index contributed by atoms with van der Waals surface area (Å²) in [4.78, 5) is 0. The molecule has 0 N–H and O–H groups in total. The van der Waals surface area contributed by atoms with Crippen LogP contribution in [0.5, 0.6) is 5.75 Å². The molecule has 0 bridgehead atoms. The monoisotopic (exact) mass is 512 g/mol. The fourth-order valence-corrected chi connectivity index (χ4v) is 5.68. The molecule has 3 aromatic rings. The molecular weight excluding hydrogens is 460 g/mol. The van der Waals surface area contributed by atoms with Crippen molar-refractivity contribution < 1.29 is 4.74 Å². The minimum Gasteiger partial charge on any atom is -0.495 e. The Morgan fingerprint density at radius 3 is 0.947 bits per heavy atom. The van der Waals surface area contributed by atoms with Gasteiger partial charge in [0.2, 0.25) is 0 Å². The predicted molar refractivity (Wildman–Crippen MR) is 168 cm³/mol. The smallest absolute Gasteiger partial charge is 0.134 e. The van der Waals surface area contributed by atoms with Gasteiger partial charge in [-0.2, -0.15) is 0 Å². The van der Waals surface area contributed by atoms with E-state index in [0.29, 0.717) is 35.5 Å². The zero-order valence-corrected chi connectivity index (χ0v) is 26.4. The highest BCUT2D eigenvalue weighted by Crippen LogP contribution is 2.48. The molecule has 3 aromatic carbocycles. The zero-order valence-electron chi connectivity index (χ0n) is 26.4. The molecule has 0 heterocycles. The van der Waals surface area contributed by atoms with Gasteiger partial charge in [0.05, 0.1) is 7.11 Å². The van der Waals surface area contributed by atoms with Gasteiger partial charge in [-0.1, -0.05) is 126 Å². The lowest BCUT2D eigenvalue weighted by molar-refractivity contribution is 0.418. The molecule has 1 nitrogen and oxygen atoms in total. The Labute approximate surface area is 234 Å². The van der Waals surface area contributed by atoms with E-state index in [9.17, 15) is 0 Å². The summed E-state index contributed by atoms with van der Waals surface area (Å²) in [6.07, 6.45) is 0. The van der Waals surface area contributed by atoms with Gasteiger partial charge < -0.3 is 4.74 Å². The van der Waals surface area contributed by atoms with Crippen LogP contribution in [-0.2, 0) is 0 Å². The van der Waals surface area contributed by atoms with Gasteiger partial charge in [-0.15, -0.1) is 0 Å². The molecule has 0 aliphatic carbocycles. The lowest BCUT2D eigenvalue weighted by Crippen LogP contribution is -2.07. The second kappa shape index (κ2) is 12.1. The molecule has 0 aromatic heterocycles. The van der Waals surface area contributed by atoms with Crippen LogP contribution in [0.3, 0.4) is 0 Å². The fourth-order valence-electron chi connectivity index (χ4n) is 5.68. The van der Waals surface area contributed by atoms with E-state index in [4.69, 9.17) is 4.74 Å². The molecule has 0 spiro atoms. The first-order valence-electron chi connectivity index (χ1n) is 14.8. The first kappa shape index (κ1) is 30.0. The third-order valence-electron chi connectivity index (χ3n) is 8.02. The van der Waals surface area contributed by atoms with Crippen LogP contribution in [0, 0.1) is 0 Å². The number of para-hydroxylation sites is 1. The average molecular weight is 513 g/mol. The summed E-state index contributed by atoms with van der Waals surface area (Å²) in [5, 5.41) is 0. The highest BCUT2D eigenvalue weighted by Gasteiger charge is 2.26. The Morgan fingerprint density at radius 1 is 0.447 bits per heavy atom. The van der Waals surface area contributed by atoms with Crippen LogP contribution in [0.2, 0.25) is 0 Å². The van der Waals surface area contributed by atoms with Crippen molar-refractivity contribution in [2.45, 2.75) is 119 Å². The maximum Gasteiger partial charge on any atom is 0.134 e. The van der Waals surface area contributed by atoms with Crippen molar-refractivity contribution >= 4 is 0 Å². The third-order valence-corrected chi connectivity index (χ3v) is 8.02. The van der Waals surface area contributed by atoms with Crippen LogP contribution in [0.4, 0.5) is 0 Å². The van der Waals surface area contributed by atoms with Crippen LogP contribution in [-0.4, -0.2) is 7.11 Å². The predicted octanol–water partition coefficient (Wildman–Crippen LogP) is 11.8. The molecule has 0 amide bonds. The van der Waals surface area contributed by atoms with E-state index >= 15 is 0 Å². The van der Waals surface area contributed by atoms with E-state index < -0.39 is 0 Å². The normalized spacial score (nSPS) is 12.2. The van der Waals surface area contributed by atoms with Crippen LogP contribution in [0.25, 0.3) is 22.3 Å². The van der Waals surface area contributed by atoms with E-state index in [1.807, 2.05) is 7.11 Å². The maximum absolute atomic E-state index is 6.38. The van der Waals surface area contributed by atoms with Gasteiger partial charge >= 0.3 is 0 Å². The Kier molecular flexibility index (Phi) is 9.56. The third kappa shape index (κ3) is 5.88. The number of rotatable bonds is 9. The van der Waals surface area contributed by atoms with Crippen molar-refractivity contribution in [2.24, 2.45) is 0 Å². The molecule has 0 radical (unpaired) electrons. The van der Waals surface area contributed by atoms with E-state index in [1.165, 1.54) is 55.6 Å². The largest absolute Gasteiger partial charge is 0.495 e. The highest BCUT2D eigenvalue weighted by atomic mass is 16.5. The van der Waals surface area contributed by atoms with Gasteiger partial charge in [0.1, 0.15) is 5.75 Å². The summed E-state index contributed by atoms with van der Waals surface area (Å²) in [6, 6.07) is 16.6. The Morgan fingerprint density at radius 2 is 0.737 bits per heavy atom. The van der Waals surface area contributed by atoms with Crippen LogP contribution in [0.15, 0.2) is 42.5 Å². The topological polar surface area (TPSA) is 9.23 Å². The van der Waals surface area contributed by atoms with Crippen molar-refractivity contribution in [3.63, 3.8) is 0 Å². The SMILES string of the molecule is COc1c(-c2c(C(C)C)cc(C(C)C)cc2C(C)C)cccc1-c1c(C(C)C)cc(C(C)C)cc1C(C)C. The molecule has 0 unspecified atom stereocenters. The molecule has 0 aliphatic rings. The quantitative estimate of drug-likeness (QED) is 0.277. The van der Waals surface area contributed by atoms with Crippen molar-refractivity contribution in [1.82, 2.24) is 0 Å². The van der Waals surface area contributed by atoms with Crippen molar-refractivity contribution in [3.05, 3.63) is 75.8 Å². The van der Waals surface area contributed by atoms with Crippen LogP contribution in [0.1, 0.15) is 152 Å². The average Bonchev–Trinajstić information content (AvgIpc) is 2.86. The Bertz CT molecular complexity index is 1100. The summed E-state index contributed by atoms with van der Waals surface area (Å²) in [6.45, 7) is 27.8. The first-order valence-corrected chi connectivity index (χ1v) is 14.8.